The second-order valence-electron chi connectivity index (χ2n) is 5.27. The lowest BCUT2D eigenvalue weighted by molar-refractivity contribution is -0.127. The van der Waals surface area contributed by atoms with Gasteiger partial charge in [0.05, 0.1) is 11.4 Å². The van der Waals surface area contributed by atoms with Gasteiger partial charge in [-0.05, 0) is 23.8 Å². The fraction of sp³-hybridized carbons (Fsp3) is 0.250. The Morgan fingerprint density at radius 2 is 1.86 bits per heavy atom. The summed E-state index contributed by atoms with van der Waals surface area (Å²) in [5.74, 6) is -0.193. The first kappa shape index (κ1) is 16.1. The number of nitrogens with one attached hydrogen (secondary N) is 1. The van der Waals surface area contributed by atoms with Crippen LogP contribution < -0.4 is 5.32 Å². The Morgan fingerprint density at radius 1 is 1.23 bits per heavy atom. The number of carbonyl (C=O) groups excluding carboxylic acids is 2. The largest absolute Gasteiger partial charge is 0.349 e. The minimum absolute atomic E-state index is 0.0373. The predicted octanol–water partition coefficient (Wildman–Crippen LogP) is 2.56. The van der Waals surface area contributed by atoms with Gasteiger partial charge in [-0.15, -0.1) is 0 Å². The molecule has 5 nitrogen and oxygen atoms in total. The molecule has 2 rings (SSSR count). The Kier molecular flexibility index (Phi) is 4.88. The lowest BCUT2D eigenvalue weighted by Crippen LogP contribution is -2.23. The summed E-state index contributed by atoms with van der Waals surface area (Å²) >= 11 is 5.87. The second-order valence-corrected chi connectivity index (χ2v) is 5.71. The molecule has 0 bridgehead atoms. The van der Waals surface area contributed by atoms with Gasteiger partial charge in [0.2, 0.25) is 5.91 Å². The summed E-state index contributed by atoms with van der Waals surface area (Å²) < 4.78 is 1.67. The fourth-order valence-corrected chi connectivity index (χ4v) is 2.23. The van der Waals surface area contributed by atoms with Gasteiger partial charge in [-0.2, -0.15) is 0 Å². The Bertz CT molecular complexity index is 690. The Hall–Kier alpha value is -2.27. The van der Waals surface area contributed by atoms with Crippen LogP contribution in [0.5, 0.6) is 0 Å². The molecular formula is C16H18ClN3O2. The van der Waals surface area contributed by atoms with E-state index in [4.69, 9.17) is 11.6 Å². The topological polar surface area (TPSA) is 54.3 Å². The normalized spacial score (nSPS) is 10.4. The molecule has 0 aliphatic rings. The van der Waals surface area contributed by atoms with Crippen LogP contribution in [-0.2, 0) is 18.3 Å². The van der Waals surface area contributed by atoms with E-state index >= 15 is 0 Å². The number of hydrogen-bond acceptors (Lipinski definition) is 2. The number of halogens is 1. The summed E-state index contributed by atoms with van der Waals surface area (Å²) in [4.78, 5) is 25.3. The third-order valence-corrected chi connectivity index (χ3v) is 3.48. The molecule has 0 fully saturated rings. The average Bonchev–Trinajstić information content (AvgIpc) is 2.79. The van der Waals surface area contributed by atoms with Crippen LogP contribution in [-0.4, -0.2) is 35.4 Å². The summed E-state index contributed by atoms with van der Waals surface area (Å²) in [5, 5.41) is 3.32. The van der Waals surface area contributed by atoms with E-state index < -0.39 is 0 Å². The summed E-state index contributed by atoms with van der Waals surface area (Å²) in [5.41, 5.74) is 2.05. The van der Waals surface area contributed by atoms with Crippen molar-refractivity contribution in [2.45, 2.75) is 6.42 Å². The van der Waals surface area contributed by atoms with E-state index in [1.807, 2.05) is 12.1 Å². The van der Waals surface area contributed by atoms with Crippen LogP contribution in [0.15, 0.2) is 36.5 Å². The van der Waals surface area contributed by atoms with Gasteiger partial charge in [-0.1, -0.05) is 23.7 Å². The molecule has 1 N–H and O–H groups in total. The number of carbonyl (C=O) groups is 2. The number of nitrogens with zero attached hydrogens (tertiary/aromatic N) is 2. The number of rotatable bonds is 4. The van der Waals surface area contributed by atoms with Crippen LogP contribution in [0.2, 0.25) is 5.02 Å². The molecular weight excluding hydrogens is 302 g/mol. The molecule has 22 heavy (non-hydrogen) atoms. The third kappa shape index (κ3) is 3.89. The van der Waals surface area contributed by atoms with Crippen molar-refractivity contribution in [2.75, 3.05) is 19.4 Å². The van der Waals surface area contributed by atoms with Crippen LogP contribution in [0, 0.1) is 0 Å². The number of amides is 2. The second kappa shape index (κ2) is 6.66. The van der Waals surface area contributed by atoms with Gasteiger partial charge in [-0.25, -0.2) is 0 Å². The molecule has 0 saturated heterocycles. The maximum absolute atomic E-state index is 12.1. The molecule has 1 aromatic heterocycles. The minimum Gasteiger partial charge on any atom is -0.349 e. The Balaban J connectivity index is 2.03. The zero-order valence-corrected chi connectivity index (χ0v) is 13.5. The minimum atomic E-state index is -0.230. The van der Waals surface area contributed by atoms with Gasteiger partial charge < -0.3 is 14.8 Å². The molecule has 0 spiro atoms. The monoisotopic (exact) mass is 319 g/mol. The number of hydrogen-bond donors (Lipinski definition) is 1. The Morgan fingerprint density at radius 3 is 2.36 bits per heavy atom. The highest BCUT2D eigenvalue weighted by atomic mass is 35.5. The van der Waals surface area contributed by atoms with E-state index in [2.05, 4.69) is 5.32 Å². The summed E-state index contributed by atoms with van der Waals surface area (Å²) in [6, 6.07) is 8.83. The smallest absolute Gasteiger partial charge is 0.272 e. The SMILES string of the molecule is CN(C)C(=O)Cc1ccc(NC(=O)c2cc(Cl)cn2C)cc1. The van der Waals surface area contributed by atoms with E-state index in [1.165, 1.54) is 0 Å². The molecule has 6 heteroatoms. The quantitative estimate of drug-likeness (QED) is 0.941. The highest BCUT2D eigenvalue weighted by molar-refractivity contribution is 6.31. The van der Waals surface area contributed by atoms with E-state index in [0.717, 1.165) is 5.56 Å². The fourth-order valence-electron chi connectivity index (χ4n) is 1.98. The third-order valence-electron chi connectivity index (χ3n) is 3.27. The highest BCUT2D eigenvalue weighted by Crippen LogP contribution is 2.16. The number of likely N-dealkylation sites (N-methyl/N-ethyl adjacent to an activating group) is 1. The molecule has 116 valence electrons. The zero-order chi connectivity index (χ0) is 16.3. The average molecular weight is 320 g/mol. The van der Waals surface area contributed by atoms with Crippen LogP contribution in [0.25, 0.3) is 0 Å². The van der Waals surface area contributed by atoms with Crippen molar-refractivity contribution in [3.8, 4) is 0 Å². The maximum Gasteiger partial charge on any atom is 0.272 e. The van der Waals surface area contributed by atoms with Crippen molar-refractivity contribution in [3.63, 3.8) is 0 Å². The number of anilines is 1. The molecule has 1 heterocycles. The molecule has 0 aliphatic carbocycles. The van der Waals surface area contributed by atoms with E-state index in [-0.39, 0.29) is 11.8 Å². The maximum atomic E-state index is 12.1. The highest BCUT2D eigenvalue weighted by Gasteiger charge is 2.11. The molecule has 2 aromatic rings. The van der Waals surface area contributed by atoms with Gasteiger partial charge in [0.1, 0.15) is 5.69 Å². The van der Waals surface area contributed by atoms with Gasteiger partial charge in [0.25, 0.3) is 5.91 Å². The number of aryl methyl sites for hydroxylation is 1. The lowest BCUT2D eigenvalue weighted by Gasteiger charge is -2.10. The first-order valence-corrected chi connectivity index (χ1v) is 7.17. The summed E-state index contributed by atoms with van der Waals surface area (Å²) in [7, 11) is 5.21. The first-order valence-electron chi connectivity index (χ1n) is 6.79. The first-order chi connectivity index (χ1) is 10.4. The van der Waals surface area contributed by atoms with Crippen LogP contribution in [0.1, 0.15) is 16.1 Å². The van der Waals surface area contributed by atoms with Gasteiger partial charge in [-0.3, -0.25) is 9.59 Å². The number of aromatic nitrogens is 1. The van der Waals surface area contributed by atoms with Crippen molar-refractivity contribution < 1.29 is 9.59 Å². The van der Waals surface area contributed by atoms with Crippen LogP contribution in [0.4, 0.5) is 5.69 Å². The summed E-state index contributed by atoms with van der Waals surface area (Å²) in [6.45, 7) is 0. The van der Waals surface area contributed by atoms with Crippen LogP contribution >= 0.6 is 11.6 Å². The van der Waals surface area contributed by atoms with Crippen molar-refractivity contribution in [1.82, 2.24) is 9.47 Å². The standard InChI is InChI=1S/C16H18ClN3O2/c1-19(2)15(21)8-11-4-6-13(7-5-11)18-16(22)14-9-12(17)10-20(14)3/h4-7,9-10H,8H2,1-3H3,(H,18,22). The van der Waals surface area contributed by atoms with Crippen LogP contribution in [0.3, 0.4) is 0 Å². The van der Waals surface area contributed by atoms with E-state index in [9.17, 15) is 9.59 Å². The Labute approximate surface area is 134 Å². The van der Waals surface area contributed by atoms with Crippen molar-refractivity contribution in [3.05, 3.63) is 52.8 Å². The molecule has 2 amide bonds. The molecule has 0 unspecified atom stereocenters. The van der Waals surface area contributed by atoms with Gasteiger partial charge >= 0.3 is 0 Å². The molecule has 1 aromatic carbocycles. The van der Waals surface area contributed by atoms with Crippen molar-refractivity contribution >= 4 is 29.1 Å². The predicted molar refractivity (Wildman–Crippen MR) is 87.2 cm³/mol. The number of benzene rings is 1. The molecule has 0 atom stereocenters. The van der Waals surface area contributed by atoms with E-state index in [0.29, 0.717) is 22.8 Å². The summed E-state index contributed by atoms with van der Waals surface area (Å²) in [6.07, 6.45) is 2.01. The lowest BCUT2D eigenvalue weighted by atomic mass is 10.1. The van der Waals surface area contributed by atoms with Gasteiger partial charge in [0, 0.05) is 33.0 Å². The van der Waals surface area contributed by atoms with Gasteiger partial charge in [0.15, 0.2) is 0 Å². The molecule has 0 saturated carbocycles. The molecule has 0 aliphatic heterocycles. The van der Waals surface area contributed by atoms with Crippen molar-refractivity contribution in [1.29, 1.82) is 0 Å². The van der Waals surface area contributed by atoms with E-state index in [1.54, 1.807) is 55.0 Å². The zero-order valence-electron chi connectivity index (χ0n) is 12.8. The molecule has 0 radical (unpaired) electrons. The van der Waals surface area contributed by atoms with Crippen molar-refractivity contribution in [2.24, 2.45) is 7.05 Å².